The first-order chi connectivity index (χ1) is 17.7. The maximum absolute atomic E-state index is 13.3. The van der Waals surface area contributed by atoms with Crippen molar-refractivity contribution in [3.63, 3.8) is 0 Å². The Morgan fingerprint density at radius 2 is 1.57 bits per heavy atom. The highest BCUT2D eigenvalue weighted by atomic mass is 32.2. The van der Waals surface area contributed by atoms with E-state index in [0.29, 0.717) is 23.4 Å². The molecule has 5 aromatic rings. The molecule has 1 N–H and O–H groups in total. The van der Waals surface area contributed by atoms with Crippen LogP contribution in [-0.2, 0) is 16.7 Å². The lowest BCUT2D eigenvalue weighted by atomic mass is 10.1. The molecule has 188 valence electrons. The Labute approximate surface area is 217 Å². The molecule has 0 fully saturated rings. The summed E-state index contributed by atoms with van der Waals surface area (Å²) >= 11 is 0. The number of nitrogens with zero attached hydrogens (tertiary/aromatic N) is 2. The molecule has 0 spiro atoms. The molecule has 0 saturated heterocycles. The highest BCUT2D eigenvalue weighted by Gasteiger charge is 2.23. The highest BCUT2D eigenvalue weighted by Crippen LogP contribution is 2.33. The van der Waals surface area contributed by atoms with Crippen LogP contribution in [0.25, 0.3) is 16.9 Å². The number of nitrogens with one attached hydrogen (secondary N) is 1. The van der Waals surface area contributed by atoms with Crippen LogP contribution in [0.2, 0.25) is 0 Å². The summed E-state index contributed by atoms with van der Waals surface area (Å²) in [5.41, 5.74) is 6.85. The lowest BCUT2D eigenvalue weighted by molar-refractivity contribution is 0.485. The fourth-order valence-electron chi connectivity index (χ4n) is 4.72. The van der Waals surface area contributed by atoms with Crippen molar-refractivity contribution in [2.24, 2.45) is 0 Å². The molecule has 0 aliphatic heterocycles. The van der Waals surface area contributed by atoms with Gasteiger partial charge in [-0.15, -0.1) is 0 Å². The summed E-state index contributed by atoms with van der Waals surface area (Å²) in [5.74, 6) is 1.06. The second kappa shape index (κ2) is 9.75. The quantitative estimate of drug-likeness (QED) is 0.249. The summed E-state index contributed by atoms with van der Waals surface area (Å²) in [7, 11) is -4.02. The first kappa shape index (κ1) is 24.6. The van der Waals surface area contributed by atoms with E-state index in [9.17, 15) is 8.42 Å². The molecule has 2 heterocycles. The molecule has 0 aliphatic carbocycles. The van der Waals surface area contributed by atoms with Crippen molar-refractivity contribution in [1.82, 2.24) is 9.38 Å². The predicted octanol–water partition coefficient (Wildman–Crippen LogP) is 6.61. The van der Waals surface area contributed by atoms with Crippen LogP contribution in [0.15, 0.2) is 90.0 Å². The fourth-order valence-corrected chi connectivity index (χ4v) is 6.07. The number of pyridine rings is 1. The van der Waals surface area contributed by atoms with Crippen molar-refractivity contribution in [3.05, 3.63) is 113 Å². The van der Waals surface area contributed by atoms with Crippen LogP contribution < -0.4 is 9.50 Å². The third-order valence-electron chi connectivity index (χ3n) is 6.25. The van der Waals surface area contributed by atoms with Crippen LogP contribution >= 0.6 is 0 Å². The zero-order valence-electron chi connectivity index (χ0n) is 21.3. The summed E-state index contributed by atoms with van der Waals surface area (Å²) in [5, 5.41) is 3.53. The van der Waals surface area contributed by atoms with Crippen molar-refractivity contribution in [1.29, 1.82) is 0 Å². The van der Waals surface area contributed by atoms with Gasteiger partial charge < -0.3 is 9.50 Å². The van der Waals surface area contributed by atoms with Gasteiger partial charge in [0.05, 0.1) is 0 Å². The van der Waals surface area contributed by atoms with E-state index in [4.69, 9.17) is 9.17 Å². The molecule has 0 saturated carbocycles. The SMILES string of the molecule is Cc1cc(C)c(S(=O)(=O)Oc2cccc(-c3nc4cc(C)ccn4c3NCc3ccccc3)c2)c(C)c1. The first-order valence-electron chi connectivity index (χ1n) is 12.1. The van der Waals surface area contributed by atoms with E-state index in [0.717, 1.165) is 33.7 Å². The zero-order chi connectivity index (χ0) is 26.2. The summed E-state index contributed by atoms with van der Waals surface area (Å²) in [4.78, 5) is 5.09. The van der Waals surface area contributed by atoms with Gasteiger partial charge in [0.15, 0.2) is 0 Å². The molecule has 7 heteroatoms. The van der Waals surface area contributed by atoms with E-state index in [1.807, 2.05) is 73.0 Å². The van der Waals surface area contributed by atoms with Crippen LogP contribution in [0.1, 0.15) is 27.8 Å². The standard InChI is InChI=1S/C30H29N3O3S/c1-20-13-14-33-27(17-20)32-28(30(33)31-19-24-9-6-5-7-10-24)25-11-8-12-26(18-25)36-37(34,35)29-22(3)15-21(2)16-23(29)4/h5-18,31H,19H2,1-4H3. The van der Waals surface area contributed by atoms with Gasteiger partial charge >= 0.3 is 10.1 Å². The monoisotopic (exact) mass is 511 g/mol. The summed E-state index contributed by atoms with van der Waals surface area (Å²) < 4.78 is 34.1. The molecule has 6 nitrogen and oxygen atoms in total. The predicted molar refractivity (Wildman–Crippen MR) is 148 cm³/mol. The topological polar surface area (TPSA) is 72.7 Å². The van der Waals surface area contributed by atoms with E-state index in [2.05, 4.69) is 17.4 Å². The Bertz CT molecular complexity index is 1680. The zero-order valence-corrected chi connectivity index (χ0v) is 22.1. The van der Waals surface area contributed by atoms with Gasteiger partial charge in [0, 0.05) is 18.3 Å². The molecule has 0 bridgehead atoms. The van der Waals surface area contributed by atoms with Crippen molar-refractivity contribution >= 4 is 21.6 Å². The Hall–Kier alpha value is -4.10. The van der Waals surface area contributed by atoms with Crippen LogP contribution in [0, 0.1) is 27.7 Å². The van der Waals surface area contributed by atoms with Gasteiger partial charge in [-0.3, -0.25) is 4.40 Å². The maximum atomic E-state index is 13.3. The van der Waals surface area contributed by atoms with E-state index in [-0.39, 0.29) is 10.6 Å². The number of imidazole rings is 1. The number of fused-ring (bicyclic) bond motifs is 1. The molecule has 0 amide bonds. The minimum Gasteiger partial charge on any atom is -0.379 e. The normalized spacial score (nSPS) is 11.6. The second-order valence-corrected chi connectivity index (χ2v) is 10.9. The van der Waals surface area contributed by atoms with Crippen molar-refractivity contribution in [2.75, 3.05) is 5.32 Å². The number of anilines is 1. The number of aromatic nitrogens is 2. The molecule has 2 aromatic heterocycles. The van der Waals surface area contributed by atoms with E-state index in [1.54, 1.807) is 32.0 Å². The molecular formula is C30H29N3O3S. The Morgan fingerprint density at radius 1 is 0.838 bits per heavy atom. The molecule has 0 radical (unpaired) electrons. The van der Waals surface area contributed by atoms with E-state index in [1.165, 1.54) is 0 Å². The maximum Gasteiger partial charge on any atom is 0.339 e. The van der Waals surface area contributed by atoms with Crippen LogP contribution in [-0.4, -0.2) is 17.8 Å². The number of benzene rings is 3. The summed E-state index contributed by atoms with van der Waals surface area (Å²) in [6.45, 7) is 8.17. The first-order valence-corrected chi connectivity index (χ1v) is 13.5. The average molecular weight is 512 g/mol. The highest BCUT2D eigenvalue weighted by molar-refractivity contribution is 7.87. The van der Waals surface area contributed by atoms with Gasteiger partial charge in [-0.05, 0) is 74.2 Å². The average Bonchev–Trinajstić information content (AvgIpc) is 3.20. The molecule has 0 unspecified atom stereocenters. The van der Waals surface area contributed by atoms with Crippen molar-refractivity contribution in [2.45, 2.75) is 39.1 Å². The lowest BCUT2D eigenvalue weighted by Gasteiger charge is -2.14. The Kier molecular flexibility index (Phi) is 6.48. The third-order valence-corrected chi connectivity index (χ3v) is 7.81. The van der Waals surface area contributed by atoms with Gasteiger partial charge in [-0.2, -0.15) is 8.42 Å². The number of hydrogen-bond acceptors (Lipinski definition) is 5. The van der Waals surface area contributed by atoms with E-state index < -0.39 is 10.1 Å². The third kappa shape index (κ3) is 5.08. The van der Waals surface area contributed by atoms with Crippen LogP contribution in [0.4, 0.5) is 5.82 Å². The number of aryl methyl sites for hydroxylation is 4. The van der Waals surface area contributed by atoms with Crippen LogP contribution in [0.3, 0.4) is 0 Å². The minimum atomic E-state index is -4.02. The molecule has 5 rings (SSSR count). The van der Waals surface area contributed by atoms with Crippen molar-refractivity contribution < 1.29 is 12.6 Å². The van der Waals surface area contributed by atoms with Gasteiger partial charge in [0.2, 0.25) is 0 Å². The van der Waals surface area contributed by atoms with Crippen LogP contribution in [0.5, 0.6) is 5.75 Å². The number of rotatable bonds is 7. The Morgan fingerprint density at radius 3 is 2.30 bits per heavy atom. The van der Waals surface area contributed by atoms with Gasteiger partial charge in [0.1, 0.15) is 27.8 Å². The molecule has 3 aromatic carbocycles. The molecule has 0 aliphatic rings. The van der Waals surface area contributed by atoms with E-state index >= 15 is 0 Å². The van der Waals surface area contributed by atoms with Gasteiger partial charge in [-0.1, -0.05) is 60.2 Å². The van der Waals surface area contributed by atoms with Gasteiger partial charge in [0.25, 0.3) is 0 Å². The molecule has 37 heavy (non-hydrogen) atoms. The number of hydrogen-bond donors (Lipinski definition) is 1. The van der Waals surface area contributed by atoms with Gasteiger partial charge in [-0.25, -0.2) is 4.98 Å². The largest absolute Gasteiger partial charge is 0.379 e. The molecule has 0 atom stereocenters. The Balaban J connectivity index is 1.53. The summed E-state index contributed by atoms with van der Waals surface area (Å²) in [6, 6.07) is 24.9. The lowest BCUT2D eigenvalue weighted by Crippen LogP contribution is -2.13. The molecular weight excluding hydrogens is 482 g/mol. The summed E-state index contributed by atoms with van der Waals surface area (Å²) in [6.07, 6.45) is 1.99. The minimum absolute atomic E-state index is 0.205. The van der Waals surface area contributed by atoms with Crippen molar-refractivity contribution in [3.8, 4) is 17.0 Å². The smallest absolute Gasteiger partial charge is 0.339 e. The second-order valence-electron chi connectivity index (χ2n) is 9.37. The fraction of sp³-hybridized carbons (Fsp3) is 0.167.